The monoisotopic (exact) mass is 466 g/mol. The Hall–Kier alpha value is -4.59. The Morgan fingerprint density at radius 1 is 1.17 bits per heavy atom. The first kappa shape index (κ1) is 21.0. The molecule has 2 aliphatic rings. The predicted octanol–water partition coefficient (Wildman–Crippen LogP) is 2.23. The van der Waals surface area contributed by atoms with E-state index in [1.165, 1.54) is 6.33 Å². The third kappa shape index (κ3) is 3.69. The highest BCUT2D eigenvalue weighted by molar-refractivity contribution is 6.00. The maximum atomic E-state index is 12.9. The molecule has 4 heterocycles. The van der Waals surface area contributed by atoms with Crippen LogP contribution in [0.2, 0.25) is 0 Å². The molecule has 174 valence electrons. The molecule has 0 spiro atoms. The summed E-state index contributed by atoms with van der Waals surface area (Å²) >= 11 is 0. The number of amides is 1. The van der Waals surface area contributed by atoms with Gasteiger partial charge < -0.3 is 16.4 Å². The fourth-order valence-corrected chi connectivity index (χ4v) is 4.60. The van der Waals surface area contributed by atoms with Crippen LogP contribution in [0.4, 0.5) is 11.8 Å². The molecule has 1 saturated carbocycles. The molecule has 1 amide bonds. The molecule has 1 aliphatic heterocycles. The summed E-state index contributed by atoms with van der Waals surface area (Å²) in [7, 11) is 0. The van der Waals surface area contributed by atoms with Crippen LogP contribution in [0.1, 0.15) is 25.3 Å². The highest BCUT2D eigenvalue weighted by Gasteiger charge is 2.33. The number of nitrogens with zero attached hydrogens (tertiary/aromatic N) is 8. The average Bonchev–Trinajstić information content (AvgIpc) is 3.39. The van der Waals surface area contributed by atoms with Crippen molar-refractivity contribution in [1.82, 2.24) is 34.6 Å². The molecule has 1 aliphatic carbocycles. The van der Waals surface area contributed by atoms with Gasteiger partial charge in [0, 0.05) is 30.2 Å². The van der Waals surface area contributed by atoms with Gasteiger partial charge in [-0.3, -0.25) is 4.79 Å². The normalized spacial score (nSPS) is 18.3. The number of hydrogen-bond acceptors (Lipinski definition) is 9. The van der Waals surface area contributed by atoms with Crippen LogP contribution in [0.5, 0.6) is 0 Å². The predicted molar refractivity (Wildman–Crippen MR) is 129 cm³/mol. The second kappa shape index (κ2) is 8.02. The minimum atomic E-state index is -0.221. The number of carbonyl (C=O) groups is 1. The zero-order valence-corrected chi connectivity index (χ0v) is 18.8. The van der Waals surface area contributed by atoms with Crippen molar-refractivity contribution in [2.45, 2.75) is 25.3 Å². The number of fused-ring (bicyclic) bond motifs is 2. The maximum Gasteiger partial charge on any atom is 0.264 e. The van der Waals surface area contributed by atoms with E-state index in [0.717, 1.165) is 29.3 Å². The minimum absolute atomic E-state index is 0.103. The molecule has 2 fully saturated rings. The zero-order chi connectivity index (χ0) is 24.1. The summed E-state index contributed by atoms with van der Waals surface area (Å²) in [6, 6.07) is 7.67. The first-order valence-electron chi connectivity index (χ1n) is 11.4. The number of benzene rings is 1. The molecule has 0 radical (unpaired) electrons. The van der Waals surface area contributed by atoms with Crippen LogP contribution < -0.4 is 11.5 Å². The number of nitrogen functional groups attached to an aromatic ring is 2. The summed E-state index contributed by atoms with van der Waals surface area (Å²) in [4.78, 5) is 31.7. The molecule has 1 unspecified atom stereocenters. The van der Waals surface area contributed by atoms with Crippen LogP contribution in [0.15, 0.2) is 42.4 Å². The molecule has 6 rings (SSSR count). The molecule has 1 saturated heterocycles. The van der Waals surface area contributed by atoms with Gasteiger partial charge in [0.15, 0.2) is 5.65 Å². The molecule has 4 aromatic rings. The number of allylic oxidation sites excluding steroid dienone is 1. The second-order valence-electron chi connectivity index (χ2n) is 8.98. The molecule has 11 heteroatoms. The van der Waals surface area contributed by atoms with Crippen LogP contribution in [0.3, 0.4) is 0 Å². The highest BCUT2D eigenvalue weighted by atomic mass is 16.2. The van der Waals surface area contributed by atoms with Gasteiger partial charge in [-0.1, -0.05) is 12.1 Å². The molecule has 0 bridgehead atoms. The van der Waals surface area contributed by atoms with E-state index in [-0.39, 0.29) is 23.5 Å². The molecular weight excluding hydrogens is 444 g/mol. The van der Waals surface area contributed by atoms with E-state index >= 15 is 0 Å². The molecule has 3 aromatic heterocycles. The number of carbonyl (C=O) groups excluding carboxylic acids is 1. The van der Waals surface area contributed by atoms with Gasteiger partial charge in [-0.15, -0.1) is 0 Å². The Morgan fingerprint density at radius 2 is 2.03 bits per heavy atom. The smallest absolute Gasteiger partial charge is 0.264 e. The molecule has 4 N–H and O–H groups in total. The van der Waals surface area contributed by atoms with Crippen molar-refractivity contribution in [3.63, 3.8) is 0 Å². The van der Waals surface area contributed by atoms with Crippen LogP contribution in [0, 0.1) is 17.2 Å². The van der Waals surface area contributed by atoms with Gasteiger partial charge in [-0.25, -0.2) is 24.6 Å². The summed E-state index contributed by atoms with van der Waals surface area (Å²) < 4.78 is 1.83. The van der Waals surface area contributed by atoms with Crippen molar-refractivity contribution in [3.05, 3.63) is 42.4 Å². The van der Waals surface area contributed by atoms with Crippen molar-refractivity contribution in [2.75, 3.05) is 24.6 Å². The van der Waals surface area contributed by atoms with E-state index in [1.807, 2.05) is 29.0 Å². The average molecular weight is 467 g/mol. The van der Waals surface area contributed by atoms with Crippen molar-refractivity contribution in [1.29, 1.82) is 5.26 Å². The van der Waals surface area contributed by atoms with Crippen molar-refractivity contribution in [3.8, 4) is 17.3 Å². The summed E-state index contributed by atoms with van der Waals surface area (Å²) in [5, 5.41) is 15.8. The molecule has 11 nitrogen and oxygen atoms in total. The summed E-state index contributed by atoms with van der Waals surface area (Å²) in [5.41, 5.74) is 15.0. The van der Waals surface area contributed by atoms with Gasteiger partial charge in [0.2, 0.25) is 5.95 Å². The molecule has 35 heavy (non-hydrogen) atoms. The van der Waals surface area contributed by atoms with Crippen LogP contribution >= 0.6 is 0 Å². The fraction of sp³-hybridized carbons (Fsp3) is 0.292. The Morgan fingerprint density at radius 3 is 2.83 bits per heavy atom. The number of rotatable bonds is 4. The van der Waals surface area contributed by atoms with Gasteiger partial charge in [0.1, 0.15) is 29.5 Å². The minimum Gasteiger partial charge on any atom is -0.383 e. The van der Waals surface area contributed by atoms with E-state index in [2.05, 4.69) is 26.0 Å². The largest absolute Gasteiger partial charge is 0.383 e. The first-order chi connectivity index (χ1) is 17.0. The number of likely N-dealkylation sites (tertiary alicyclic amines) is 1. The zero-order valence-electron chi connectivity index (χ0n) is 18.8. The molecular formula is C24H22N10O. The first-order valence-corrected chi connectivity index (χ1v) is 11.4. The fourth-order valence-electron chi connectivity index (χ4n) is 4.60. The summed E-state index contributed by atoms with van der Waals surface area (Å²) in [6.07, 6.45) is 7.67. The lowest BCUT2D eigenvalue weighted by atomic mass is 10.1. The van der Waals surface area contributed by atoms with E-state index in [1.54, 1.807) is 11.1 Å². The van der Waals surface area contributed by atoms with Gasteiger partial charge in [-0.05, 0) is 37.3 Å². The second-order valence-corrected chi connectivity index (χ2v) is 8.98. The topological polar surface area (TPSA) is 166 Å². The Bertz CT molecular complexity index is 1560. The SMILES string of the molecule is N#C/C(=C\C1CC1)C(=O)N1CCC(n2nc(-c3ccc4nc(N)ncc4c3)c3c(N)ncnc32)C1. The number of hydrogen-bond donors (Lipinski definition) is 2. The molecule has 1 atom stereocenters. The van der Waals surface area contributed by atoms with E-state index in [9.17, 15) is 10.1 Å². The number of nitriles is 1. The summed E-state index contributed by atoms with van der Waals surface area (Å²) in [6.45, 7) is 0.979. The van der Waals surface area contributed by atoms with E-state index in [4.69, 9.17) is 16.6 Å². The van der Waals surface area contributed by atoms with Crippen molar-refractivity contribution in [2.24, 2.45) is 5.92 Å². The third-order valence-electron chi connectivity index (χ3n) is 6.56. The lowest BCUT2D eigenvalue weighted by Crippen LogP contribution is -2.30. The Balaban J connectivity index is 1.37. The van der Waals surface area contributed by atoms with Crippen molar-refractivity contribution >= 4 is 39.6 Å². The Kier molecular flexibility index (Phi) is 4.81. The quantitative estimate of drug-likeness (QED) is 0.339. The molecule has 1 aromatic carbocycles. The van der Waals surface area contributed by atoms with E-state index in [0.29, 0.717) is 48.0 Å². The maximum absolute atomic E-state index is 12.9. The van der Waals surface area contributed by atoms with Crippen LogP contribution in [-0.2, 0) is 4.79 Å². The van der Waals surface area contributed by atoms with Gasteiger partial charge in [-0.2, -0.15) is 10.4 Å². The van der Waals surface area contributed by atoms with Gasteiger partial charge >= 0.3 is 0 Å². The van der Waals surface area contributed by atoms with E-state index < -0.39 is 0 Å². The third-order valence-corrected chi connectivity index (χ3v) is 6.56. The number of aromatic nitrogens is 6. The lowest BCUT2D eigenvalue weighted by Gasteiger charge is -2.16. The highest BCUT2D eigenvalue weighted by Crippen LogP contribution is 2.35. The number of nitrogens with two attached hydrogens (primary N) is 2. The summed E-state index contributed by atoms with van der Waals surface area (Å²) in [5.74, 6) is 0.675. The van der Waals surface area contributed by atoms with Gasteiger partial charge in [0.05, 0.1) is 16.9 Å². The van der Waals surface area contributed by atoms with Gasteiger partial charge in [0.25, 0.3) is 5.91 Å². The lowest BCUT2D eigenvalue weighted by molar-refractivity contribution is -0.125. The Labute approximate surface area is 200 Å². The van der Waals surface area contributed by atoms with Crippen LogP contribution in [-0.4, -0.2) is 53.6 Å². The number of anilines is 2. The van der Waals surface area contributed by atoms with Crippen molar-refractivity contribution < 1.29 is 4.79 Å². The van der Waals surface area contributed by atoms with Crippen LogP contribution in [0.25, 0.3) is 33.2 Å². The standard InChI is InChI=1S/C24H22N10O/c25-9-15(7-13-1-2-13)23(35)33-6-5-17(11-33)34-22-19(21(26)29-12-30-22)20(32-34)14-3-4-18-16(8-14)10-28-24(27)31-18/h3-4,7-8,10,12-13,17H,1-2,5-6,11H2,(H2,26,29,30)(H2,27,28,31)/b15-7+.